The summed E-state index contributed by atoms with van der Waals surface area (Å²) in [5, 5.41) is 2.86. The normalized spacial score (nSPS) is 15.1. The van der Waals surface area contributed by atoms with Crippen molar-refractivity contribution in [2.24, 2.45) is 0 Å². The number of pyridine rings is 1. The highest BCUT2D eigenvalue weighted by Crippen LogP contribution is 2.18. The summed E-state index contributed by atoms with van der Waals surface area (Å²) >= 11 is 0. The van der Waals surface area contributed by atoms with Crippen molar-refractivity contribution < 1.29 is 13.2 Å². The Labute approximate surface area is 166 Å². The molecule has 150 valence electrons. The molecule has 0 bridgehead atoms. The van der Waals surface area contributed by atoms with Crippen molar-refractivity contribution in [1.82, 2.24) is 10.3 Å². The fraction of sp³-hybridized carbons (Fsp3) is 0.429. The predicted octanol–water partition coefficient (Wildman–Crippen LogP) is 3.10. The van der Waals surface area contributed by atoms with Crippen molar-refractivity contribution in [3.05, 3.63) is 53.2 Å². The second-order valence-electron chi connectivity index (χ2n) is 7.36. The highest BCUT2D eigenvalue weighted by atomic mass is 32.2. The maximum atomic E-state index is 12.5. The number of rotatable bonds is 5. The molecule has 0 atom stereocenters. The van der Waals surface area contributed by atoms with Crippen LogP contribution >= 0.6 is 0 Å². The van der Waals surface area contributed by atoms with Crippen molar-refractivity contribution in [3.8, 4) is 0 Å². The number of hydrogen-bond donors (Lipinski definition) is 1. The lowest BCUT2D eigenvalue weighted by Gasteiger charge is -2.21. The minimum absolute atomic E-state index is 0.145. The second kappa shape index (κ2) is 8.73. The summed E-state index contributed by atoms with van der Waals surface area (Å²) in [5.41, 5.74) is 2.01. The van der Waals surface area contributed by atoms with E-state index in [0.29, 0.717) is 12.1 Å². The zero-order chi connectivity index (χ0) is 20.1. The Morgan fingerprint density at radius 2 is 1.82 bits per heavy atom. The molecular formula is C21H27N3O3S. The Balaban J connectivity index is 1.65. The Morgan fingerprint density at radius 1 is 1.11 bits per heavy atom. The molecule has 0 aliphatic carbocycles. The molecule has 1 N–H and O–H groups in total. The van der Waals surface area contributed by atoms with Crippen LogP contribution in [0.5, 0.6) is 0 Å². The van der Waals surface area contributed by atoms with E-state index in [1.54, 1.807) is 19.2 Å². The van der Waals surface area contributed by atoms with Gasteiger partial charge in [0.25, 0.3) is 5.91 Å². The molecule has 28 heavy (non-hydrogen) atoms. The summed E-state index contributed by atoms with van der Waals surface area (Å²) in [4.78, 5) is 19.5. The van der Waals surface area contributed by atoms with E-state index >= 15 is 0 Å². The first-order chi connectivity index (χ1) is 13.3. The number of benzene rings is 1. The third kappa shape index (κ3) is 5.10. The third-order valence-corrected chi connectivity index (χ3v) is 6.18. The van der Waals surface area contributed by atoms with Gasteiger partial charge in [0.1, 0.15) is 5.82 Å². The van der Waals surface area contributed by atoms with Gasteiger partial charge in [0.15, 0.2) is 9.84 Å². The van der Waals surface area contributed by atoms with Crippen LogP contribution in [0.2, 0.25) is 0 Å². The van der Waals surface area contributed by atoms with E-state index in [1.807, 2.05) is 12.1 Å². The zero-order valence-electron chi connectivity index (χ0n) is 16.4. The Morgan fingerprint density at radius 3 is 2.43 bits per heavy atom. The Kier molecular flexibility index (Phi) is 6.34. The Hall–Kier alpha value is -2.41. The summed E-state index contributed by atoms with van der Waals surface area (Å²) in [7, 11) is -3.36. The van der Waals surface area contributed by atoms with Crippen molar-refractivity contribution in [1.29, 1.82) is 0 Å². The minimum atomic E-state index is -3.36. The molecule has 3 rings (SSSR count). The van der Waals surface area contributed by atoms with Gasteiger partial charge < -0.3 is 10.2 Å². The predicted molar refractivity (Wildman–Crippen MR) is 110 cm³/mol. The molecule has 7 heteroatoms. The summed E-state index contributed by atoms with van der Waals surface area (Å²) in [6, 6.07) is 8.59. The highest BCUT2D eigenvalue weighted by molar-refractivity contribution is 7.90. The van der Waals surface area contributed by atoms with Crippen LogP contribution < -0.4 is 10.2 Å². The first-order valence-corrected chi connectivity index (χ1v) is 11.5. The zero-order valence-corrected chi connectivity index (χ0v) is 17.3. The molecule has 2 heterocycles. The van der Waals surface area contributed by atoms with Gasteiger partial charge in [-0.1, -0.05) is 25.0 Å². The average Bonchev–Trinajstić information content (AvgIpc) is 2.95. The van der Waals surface area contributed by atoms with Gasteiger partial charge in [-0.15, -0.1) is 0 Å². The number of amides is 1. The number of carbonyl (C=O) groups is 1. The Bertz CT molecular complexity index is 932. The van der Waals surface area contributed by atoms with Crippen LogP contribution in [0.3, 0.4) is 0 Å². The minimum Gasteiger partial charge on any atom is -0.357 e. The SMILES string of the molecule is Cc1ccc(S(C)(=O)=O)cc1C(=O)NCc1ccc(N2CCCCCC2)nc1. The molecule has 1 aromatic heterocycles. The number of hydrogen-bond acceptors (Lipinski definition) is 5. The van der Waals surface area contributed by atoms with E-state index < -0.39 is 9.84 Å². The van der Waals surface area contributed by atoms with Crippen LogP contribution in [0.25, 0.3) is 0 Å². The van der Waals surface area contributed by atoms with Gasteiger partial charge >= 0.3 is 0 Å². The number of anilines is 1. The first-order valence-electron chi connectivity index (χ1n) is 9.63. The van der Waals surface area contributed by atoms with Crippen LogP contribution in [0.15, 0.2) is 41.4 Å². The molecule has 1 aliphatic rings. The van der Waals surface area contributed by atoms with E-state index in [0.717, 1.165) is 36.3 Å². The fourth-order valence-corrected chi connectivity index (χ4v) is 4.01. The van der Waals surface area contributed by atoms with E-state index in [-0.39, 0.29) is 10.8 Å². The summed E-state index contributed by atoms with van der Waals surface area (Å²) in [6.07, 6.45) is 7.88. The lowest BCUT2D eigenvalue weighted by atomic mass is 10.1. The van der Waals surface area contributed by atoms with Gasteiger partial charge in [-0.25, -0.2) is 13.4 Å². The van der Waals surface area contributed by atoms with E-state index in [1.165, 1.54) is 37.8 Å². The molecule has 0 spiro atoms. The van der Waals surface area contributed by atoms with E-state index in [4.69, 9.17) is 0 Å². The van der Waals surface area contributed by atoms with Crippen molar-refractivity contribution >= 4 is 21.6 Å². The van der Waals surface area contributed by atoms with Crippen LogP contribution in [0.4, 0.5) is 5.82 Å². The van der Waals surface area contributed by atoms with Gasteiger partial charge in [0, 0.05) is 37.7 Å². The molecule has 1 amide bonds. The molecule has 0 unspecified atom stereocenters. The van der Waals surface area contributed by atoms with Gasteiger partial charge in [0.2, 0.25) is 0 Å². The first kappa shape index (κ1) is 20.3. The molecule has 6 nitrogen and oxygen atoms in total. The molecular weight excluding hydrogens is 374 g/mol. The van der Waals surface area contributed by atoms with Crippen molar-refractivity contribution in [2.75, 3.05) is 24.2 Å². The molecule has 1 aromatic carbocycles. The topological polar surface area (TPSA) is 79.4 Å². The molecule has 1 fully saturated rings. The van der Waals surface area contributed by atoms with Gasteiger partial charge in [-0.3, -0.25) is 4.79 Å². The quantitative estimate of drug-likeness (QED) is 0.833. The largest absolute Gasteiger partial charge is 0.357 e. The lowest BCUT2D eigenvalue weighted by Crippen LogP contribution is -2.25. The van der Waals surface area contributed by atoms with Gasteiger partial charge in [-0.2, -0.15) is 0 Å². The number of aryl methyl sites for hydroxylation is 1. The van der Waals surface area contributed by atoms with Crippen LogP contribution in [-0.4, -0.2) is 38.7 Å². The van der Waals surface area contributed by atoms with Gasteiger partial charge in [0.05, 0.1) is 4.90 Å². The highest BCUT2D eigenvalue weighted by Gasteiger charge is 2.15. The third-order valence-electron chi connectivity index (χ3n) is 5.07. The van der Waals surface area contributed by atoms with Crippen molar-refractivity contribution in [2.45, 2.75) is 44.0 Å². The summed E-state index contributed by atoms with van der Waals surface area (Å²) in [5.74, 6) is 0.688. The van der Waals surface area contributed by atoms with Crippen molar-refractivity contribution in [3.63, 3.8) is 0 Å². The number of carbonyl (C=O) groups excluding carboxylic acids is 1. The lowest BCUT2D eigenvalue weighted by molar-refractivity contribution is 0.0950. The number of sulfone groups is 1. The van der Waals surface area contributed by atoms with Gasteiger partial charge in [-0.05, 0) is 49.1 Å². The van der Waals surface area contributed by atoms with E-state index in [2.05, 4.69) is 15.2 Å². The summed E-state index contributed by atoms with van der Waals surface area (Å²) in [6.45, 7) is 4.21. The van der Waals surface area contributed by atoms with Crippen LogP contribution in [-0.2, 0) is 16.4 Å². The number of nitrogens with one attached hydrogen (secondary N) is 1. The number of nitrogens with zero attached hydrogens (tertiary/aromatic N) is 2. The van der Waals surface area contributed by atoms with E-state index in [9.17, 15) is 13.2 Å². The average molecular weight is 402 g/mol. The monoisotopic (exact) mass is 401 g/mol. The van der Waals surface area contributed by atoms with Crippen LogP contribution in [0.1, 0.15) is 47.2 Å². The molecule has 0 saturated carbocycles. The smallest absolute Gasteiger partial charge is 0.251 e. The molecule has 1 aliphatic heterocycles. The molecule has 1 saturated heterocycles. The number of aromatic nitrogens is 1. The maximum Gasteiger partial charge on any atom is 0.251 e. The maximum absolute atomic E-state index is 12.5. The molecule has 2 aromatic rings. The van der Waals surface area contributed by atoms with Crippen LogP contribution in [0, 0.1) is 6.92 Å². The molecule has 0 radical (unpaired) electrons. The summed E-state index contributed by atoms with van der Waals surface area (Å²) < 4.78 is 23.5. The second-order valence-corrected chi connectivity index (χ2v) is 9.37. The standard InChI is InChI=1S/C21H27N3O3S/c1-16-7-9-18(28(2,26)27)13-19(16)21(25)23-15-17-8-10-20(22-14-17)24-11-5-3-4-6-12-24/h7-10,13-14H,3-6,11-12,15H2,1-2H3,(H,23,25). The fourth-order valence-electron chi connectivity index (χ4n) is 3.36.